The number of nitrogens with one attached hydrogen (secondary N) is 1. The third kappa shape index (κ3) is 2.79. The van der Waals surface area contributed by atoms with Crippen molar-refractivity contribution in [2.45, 2.75) is 25.2 Å². The molecule has 114 valence electrons. The van der Waals surface area contributed by atoms with Crippen molar-refractivity contribution in [1.29, 1.82) is 0 Å². The van der Waals surface area contributed by atoms with Gasteiger partial charge in [0.15, 0.2) is 0 Å². The number of piperidine rings is 1. The van der Waals surface area contributed by atoms with Crippen LogP contribution in [0, 0.1) is 0 Å². The van der Waals surface area contributed by atoms with E-state index in [9.17, 15) is 9.59 Å². The molecule has 1 aliphatic rings. The largest absolute Gasteiger partial charge is 0.336 e. The average Bonchev–Trinajstić information content (AvgIpc) is 2.56. The molecule has 1 saturated heterocycles. The molecule has 5 nitrogen and oxygen atoms in total. The van der Waals surface area contributed by atoms with Crippen LogP contribution in [0.4, 0.5) is 0 Å². The van der Waals surface area contributed by atoms with Crippen LogP contribution in [0.3, 0.4) is 0 Å². The van der Waals surface area contributed by atoms with Gasteiger partial charge in [-0.05, 0) is 18.4 Å². The van der Waals surface area contributed by atoms with Crippen LogP contribution in [0.5, 0.6) is 0 Å². The first-order valence-corrected chi connectivity index (χ1v) is 7.48. The topological polar surface area (TPSA) is 66.1 Å². The van der Waals surface area contributed by atoms with Gasteiger partial charge in [-0.2, -0.15) is 0 Å². The van der Waals surface area contributed by atoms with Crippen molar-refractivity contribution in [1.82, 2.24) is 14.9 Å². The smallest absolute Gasteiger partial charge is 0.273 e. The Morgan fingerprint density at radius 2 is 2.09 bits per heavy atom. The minimum atomic E-state index is -0.302. The molecule has 22 heavy (non-hydrogen) atoms. The number of aromatic amines is 1. The summed E-state index contributed by atoms with van der Waals surface area (Å²) in [5, 5.41) is 0. The summed E-state index contributed by atoms with van der Waals surface area (Å²) in [5.74, 6) is -0.127. The Bertz CT molecular complexity index is 706. The maximum absolute atomic E-state index is 12.6. The lowest BCUT2D eigenvalue weighted by Crippen LogP contribution is -2.47. The highest BCUT2D eigenvalue weighted by molar-refractivity contribution is 5.92. The van der Waals surface area contributed by atoms with Crippen molar-refractivity contribution >= 4 is 5.91 Å². The van der Waals surface area contributed by atoms with Gasteiger partial charge in [0, 0.05) is 24.7 Å². The van der Waals surface area contributed by atoms with Crippen LogP contribution in [0.25, 0.3) is 0 Å². The minimum absolute atomic E-state index is 0.0443. The Hall–Kier alpha value is -2.43. The van der Waals surface area contributed by atoms with Crippen LogP contribution in [-0.4, -0.2) is 33.9 Å². The fraction of sp³-hybridized carbons (Fsp3) is 0.353. The van der Waals surface area contributed by atoms with Crippen LogP contribution in [0.2, 0.25) is 0 Å². The average molecular weight is 297 g/mol. The molecule has 1 amide bonds. The number of H-pyrrole nitrogens is 1. The lowest BCUT2D eigenvalue weighted by molar-refractivity contribution is 0.0644. The molecule has 2 heterocycles. The molecule has 1 unspecified atom stereocenters. The van der Waals surface area contributed by atoms with Crippen molar-refractivity contribution in [3.63, 3.8) is 0 Å². The number of hydrogen-bond acceptors (Lipinski definition) is 3. The lowest BCUT2D eigenvalue weighted by Gasteiger charge is -2.40. The summed E-state index contributed by atoms with van der Waals surface area (Å²) in [4.78, 5) is 31.9. The zero-order valence-electron chi connectivity index (χ0n) is 12.6. The lowest BCUT2D eigenvalue weighted by atomic mass is 9.76. The maximum atomic E-state index is 12.6. The number of amides is 1. The number of benzene rings is 1. The van der Waals surface area contributed by atoms with Crippen molar-refractivity contribution in [3.05, 3.63) is 64.3 Å². The highest BCUT2D eigenvalue weighted by Gasteiger charge is 2.35. The first-order chi connectivity index (χ1) is 10.6. The van der Waals surface area contributed by atoms with E-state index in [0.717, 1.165) is 25.6 Å². The molecule has 0 saturated carbocycles. The third-order valence-corrected chi connectivity index (χ3v) is 4.35. The van der Waals surface area contributed by atoms with Gasteiger partial charge in [0.2, 0.25) is 0 Å². The molecule has 5 heteroatoms. The molecule has 3 rings (SSSR count). The third-order valence-electron chi connectivity index (χ3n) is 4.35. The molecule has 1 atom stereocenters. The van der Waals surface area contributed by atoms with E-state index < -0.39 is 0 Å². The molecule has 0 aliphatic carbocycles. The summed E-state index contributed by atoms with van der Waals surface area (Å²) in [5.41, 5.74) is 1.19. The molecule has 0 spiro atoms. The van der Waals surface area contributed by atoms with E-state index in [1.54, 1.807) is 0 Å². The standard InChI is InChI=1S/C17H19N3O2/c1-17(13-6-3-2-4-7-13)8-5-9-20(12-17)16(22)14-10-19-15(21)11-18-14/h2-4,6-7,10-11H,5,8-9,12H2,1H3,(H,19,21). The Morgan fingerprint density at radius 1 is 1.32 bits per heavy atom. The van der Waals surface area contributed by atoms with Crippen LogP contribution in [-0.2, 0) is 5.41 Å². The van der Waals surface area contributed by atoms with E-state index in [-0.39, 0.29) is 22.6 Å². The molecule has 1 aromatic carbocycles. The number of aromatic nitrogens is 2. The summed E-state index contributed by atoms with van der Waals surface area (Å²) >= 11 is 0. The molecule has 0 radical (unpaired) electrons. The predicted molar refractivity (Wildman–Crippen MR) is 83.8 cm³/mol. The monoisotopic (exact) mass is 297 g/mol. The summed E-state index contributed by atoms with van der Waals surface area (Å²) < 4.78 is 0. The second-order valence-electron chi connectivity index (χ2n) is 6.05. The highest BCUT2D eigenvalue weighted by atomic mass is 16.2. The number of carbonyl (C=O) groups excluding carboxylic acids is 1. The van der Waals surface area contributed by atoms with Gasteiger partial charge in [0.1, 0.15) is 5.69 Å². The normalized spacial score (nSPS) is 21.6. The molecule has 1 aliphatic heterocycles. The van der Waals surface area contributed by atoms with Crippen LogP contribution in [0.15, 0.2) is 47.5 Å². The number of likely N-dealkylation sites (tertiary alicyclic amines) is 1. The van der Waals surface area contributed by atoms with Crippen molar-refractivity contribution in [2.24, 2.45) is 0 Å². The summed E-state index contributed by atoms with van der Waals surface area (Å²) in [6.07, 6.45) is 4.55. The van der Waals surface area contributed by atoms with E-state index in [2.05, 4.69) is 29.0 Å². The van der Waals surface area contributed by atoms with Crippen LogP contribution < -0.4 is 5.56 Å². The number of hydrogen-bond donors (Lipinski definition) is 1. The van der Waals surface area contributed by atoms with Crippen molar-refractivity contribution in [2.75, 3.05) is 13.1 Å². The van der Waals surface area contributed by atoms with Gasteiger partial charge in [-0.15, -0.1) is 0 Å². The van der Waals surface area contributed by atoms with E-state index in [4.69, 9.17) is 0 Å². The summed E-state index contributed by atoms with van der Waals surface area (Å²) in [6.45, 7) is 3.58. The first-order valence-electron chi connectivity index (χ1n) is 7.48. The second-order valence-corrected chi connectivity index (χ2v) is 6.05. The van der Waals surface area contributed by atoms with Gasteiger partial charge in [0.25, 0.3) is 11.5 Å². The number of carbonyl (C=O) groups is 1. The quantitative estimate of drug-likeness (QED) is 0.921. The highest BCUT2D eigenvalue weighted by Crippen LogP contribution is 2.33. The zero-order chi connectivity index (χ0) is 15.6. The number of rotatable bonds is 2. The van der Waals surface area contributed by atoms with E-state index in [1.807, 2.05) is 23.1 Å². The Morgan fingerprint density at radius 3 is 2.77 bits per heavy atom. The zero-order valence-corrected chi connectivity index (χ0v) is 12.6. The summed E-state index contributed by atoms with van der Waals surface area (Å²) in [7, 11) is 0. The minimum Gasteiger partial charge on any atom is -0.336 e. The van der Waals surface area contributed by atoms with E-state index in [1.165, 1.54) is 11.8 Å². The van der Waals surface area contributed by atoms with E-state index in [0.29, 0.717) is 6.54 Å². The summed E-state index contributed by atoms with van der Waals surface area (Å²) in [6, 6.07) is 10.3. The van der Waals surface area contributed by atoms with Gasteiger partial charge in [-0.1, -0.05) is 37.3 Å². The molecular formula is C17H19N3O2. The van der Waals surface area contributed by atoms with Gasteiger partial charge in [-0.3, -0.25) is 9.59 Å². The molecule has 0 bridgehead atoms. The maximum Gasteiger partial charge on any atom is 0.273 e. The molecule has 1 aromatic heterocycles. The predicted octanol–water partition coefficient (Wildman–Crippen LogP) is 1.96. The van der Waals surface area contributed by atoms with Crippen LogP contribution >= 0.6 is 0 Å². The first kappa shape index (κ1) is 14.5. The fourth-order valence-corrected chi connectivity index (χ4v) is 3.11. The fourth-order valence-electron chi connectivity index (χ4n) is 3.11. The molecule has 1 N–H and O–H groups in total. The Kier molecular flexibility index (Phi) is 3.79. The SMILES string of the molecule is CC1(c2ccccc2)CCCN(C(=O)c2c[nH]c(=O)cn2)C1. The molecular weight excluding hydrogens is 278 g/mol. The second kappa shape index (κ2) is 5.75. The van der Waals surface area contributed by atoms with Crippen LogP contribution in [0.1, 0.15) is 35.8 Å². The number of nitrogens with zero attached hydrogens (tertiary/aromatic N) is 2. The van der Waals surface area contributed by atoms with Crippen molar-refractivity contribution in [3.8, 4) is 0 Å². The van der Waals surface area contributed by atoms with Gasteiger partial charge < -0.3 is 9.88 Å². The molecule has 2 aromatic rings. The van der Waals surface area contributed by atoms with E-state index >= 15 is 0 Å². The van der Waals surface area contributed by atoms with Crippen molar-refractivity contribution < 1.29 is 4.79 Å². The van der Waals surface area contributed by atoms with Gasteiger partial charge in [-0.25, -0.2) is 4.98 Å². The van der Waals surface area contributed by atoms with Gasteiger partial charge in [0.05, 0.1) is 6.20 Å². The molecule has 1 fully saturated rings. The Labute approximate surface area is 129 Å². The Balaban J connectivity index is 1.82. The van der Waals surface area contributed by atoms with Gasteiger partial charge >= 0.3 is 0 Å².